The maximum atomic E-state index is 12.0. The highest BCUT2D eigenvalue weighted by molar-refractivity contribution is 5.95. The zero-order valence-corrected chi connectivity index (χ0v) is 10.2. The Morgan fingerprint density at radius 3 is 2.89 bits per heavy atom. The van der Waals surface area contributed by atoms with Crippen LogP contribution in [0.4, 0.5) is 0 Å². The molecular weight excluding hydrogens is 248 g/mol. The molecule has 0 spiro atoms. The molecule has 2 N–H and O–H groups in total. The molecule has 2 fully saturated rings. The van der Waals surface area contributed by atoms with Crippen molar-refractivity contribution in [1.29, 1.82) is 0 Å². The highest BCUT2D eigenvalue weighted by atomic mass is 16.5. The van der Waals surface area contributed by atoms with Crippen molar-refractivity contribution in [2.45, 2.75) is 37.5 Å². The van der Waals surface area contributed by atoms with E-state index in [-0.39, 0.29) is 35.4 Å². The number of carboxylic acids is 1. The molecule has 3 rings (SSSR count). The molecule has 2 aliphatic heterocycles. The molecule has 3 atom stereocenters. The van der Waals surface area contributed by atoms with E-state index in [9.17, 15) is 9.59 Å². The second-order valence-electron chi connectivity index (χ2n) is 4.92. The Labute approximate surface area is 109 Å². The molecule has 6 heteroatoms. The summed E-state index contributed by atoms with van der Waals surface area (Å²) in [6.45, 7) is 0. The molecule has 0 radical (unpaired) electrons. The molecule has 1 amide bonds. The Morgan fingerprint density at radius 1 is 1.42 bits per heavy atom. The van der Waals surface area contributed by atoms with Gasteiger partial charge in [-0.1, -0.05) is 0 Å². The fourth-order valence-electron chi connectivity index (χ4n) is 2.72. The third-order valence-electron chi connectivity index (χ3n) is 3.66. The van der Waals surface area contributed by atoms with Crippen LogP contribution >= 0.6 is 0 Å². The first-order chi connectivity index (χ1) is 9.13. The van der Waals surface area contributed by atoms with E-state index in [1.165, 1.54) is 18.3 Å². The number of hydrogen-bond donors (Lipinski definition) is 2. The van der Waals surface area contributed by atoms with Gasteiger partial charge in [0.05, 0.1) is 23.8 Å². The first-order valence-electron chi connectivity index (χ1n) is 6.29. The Kier molecular flexibility index (Phi) is 2.94. The largest absolute Gasteiger partial charge is 0.478 e. The summed E-state index contributed by atoms with van der Waals surface area (Å²) in [5.74, 6) is -1.41. The number of carbonyl (C=O) groups excluding carboxylic acids is 1. The van der Waals surface area contributed by atoms with Crippen LogP contribution in [0, 0.1) is 0 Å². The highest BCUT2D eigenvalue weighted by Crippen LogP contribution is 2.34. The number of carbonyl (C=O) groups is 2. The fraction of sp³-hybridized carbons (Fsp3) is 0.462. The lowest BCUT2D eigenvalue weighted by atomic mass is 9.95. The maximum Gasteiger partial charge on any atom is 0.335 e. The molecule has 0 saturated carbocycles. The molecule has 6 nitrogen and oxygen atoms in total. The SMILES string of the molecule is O=C(O)c1ccnc(C(=O)NC2CC3CCC2O3)c1. The zero-order chi connectivity index (χ0) is 13.4. The number of nitrogens with zero attached hydrogens (tertiary/aromatic N) is 1. The van der Waals surface area contributed by atoms with E-state index in [0.717, 1.165) is 19.3 Å². The van der Waals surface area contributed by atoms with E-state index in [0.29, 0.717) is 0 Å². The van der Waals surface area contributed by atoms with Crippen molar-refractivity contribution in [3.05, 3.63) is 29.6 Å². The van der Waals surface area contributed by atoms with E-state index in [1.807, 2.05) is 0 Å². The van der Waals surface area contributed by atoms with Crippen molar-refractivity contribution in [2.75, 3.05) is 0 Å². The van der Waals surface area contributed by atoms with Crippen LogP contribution in [0.5, 0.6) is 0 Å². The van der Waals surface area contributed by atoms with E-state index in [1.54, 1.807) is 0 Å². The van der Waals surface area contributed by atoms with Gasteiger partial charge >= 0.3 is 5.97 Å². The minimum Gasteiger partial charge on any atom is -0.478 e. The minimum absolute atomic E-state index is 0.0153. The van der Waals surface area contributed by atoms with Crippen LogP contribution in [0.1, 0.15) is 40.1 Å². The number of amides is 1. The first kappa shape index (κ1) is 12.1. The minimum atomic E-state index is -1.07. The van der Waals surface area contributed by atoms with Gasteiger partial charge in [-0.2, -0.15) is 0 Å². The molecule has 2 bridgehead atoms. The van der Waals surface area contributed by atoms with Crippen molar-refractivity contribution in [3.63, 3.8) is 0 Å². The summed E-state index contributed by atoms with van der Waals surface area (Å²) in [5, 5.41) is 11.8. The predicted octanol–water partition coefficient (Wildman–Crippen LogP) is 0.829. The molecular formula is C13H14N2O4. The van der Waals surface area contributed by atoms with Gasteiger partial charge in [0.1, 0.15) is 5.69 Å². The summed E-state index contributed by atoms with van der Waals surface area (Å²) in [5.41, 5.74) is 0.187. The van der Waals surface area contributed by atoms with E-state index >= 15 is 0 Å². The van der Waals surface area contributed by atoms with Gasteiger partial charge < -0.3 is 15.2 Å². The third-order valence-corrected chi connectivity index (χ3v) is 3.66. The van der Waals surface area contributed by atoms with Crippen LogP contribution in [-0.2, 0) is 4.74 Å². The van der Waals surface area contributed by atoms with Crippen LogP contribution in [0.15, 0.2) is 18.3 Å². The highest BCUT2D eigenvalue weighted by Gasteiger charge is 2.41. The number of aromatic carboxylic acids is 1. The Bertz CT molecular complexity index is 531. The number of pyridine rings is 1. The quantitative estimate of drug-likeness (QED) is 0.842. The Hall–Kier alpha value is -1.95. The van der Waals surface area contributed by atoms with Crippen molar-refractivity contribution < 1.29 is 19.4 Å². The summed E-state index contributed by atoms with van der Waals surface area (Å²) in [6, 6.07) is 2.66. The molecule has 1 aromatic heterocycles. The number of fused-ring (bicyclic) bond motifs is 2. The van der Waals surface area contributed by atoms with Crippen LogP contribution in [0.25, 0.3) is 0 Å². The van der Waals surface area contributed by atoms with Crippen molar-refractivity contribution in [3.8, 4) is 0 Å². The molecule has 0 aliphatic carbocycles. The normalized spacial score (nSPS) is 28.3. The van der Waals surface area contributed by atoms with Crippen molar-refractivity contribution in [1.82, 2.24) is 10.3 Å². The van der Waals surface area contributed by atoms with Crippen LogP contribution in [-0.4, -0.2) is 40.2 Å². The standard InChI is InChI=1S/C13H14N2O4/c16-12(10-5-7(13(17)18)3-4-14-10)15-9-6-8-1-2-11(9)19-8/h3-5,8-9,11H,1-2,6H2,(H,15,16)(H,17,18). The number of hydrogen-bond acceptors (Lipinski definition) is 4. The zero-order valence-electron chi connectivity index (χ0n) is 10.2. The molecule has 3 unspecified atom stereocenters. The molecule has 2 aliphatic rings. The topological polar surface area (TPSA) is 88.5 Å². The predicted molar refractivity (Wildman–Crippen MR) is 65.0 cm³/mol. The molecule has 0 aromatic carbocycles. The van der Waals surface area contributed by atoms with Gasteiger partial charge in [-0.15, -0.1) is 0 Å². The molecule has 2 saturated heterocycles. The monoisotopic (exact) mass is 262 g/mol. The number of nitrogens with one attached hydrogen (secondary N) is 1. The smallest absolute Gasteiger partial charge is 0.335 e. The van der Waals surface area contributed by atoms with Gasteiger partial charge in [-0.05, 0) is 31.4 Å². The van der Waals surface area contributed by atoms with Gasteiger partial charge in [0.2, 0.25) is 0 Å². The number of carboxylic acid groups (broad SMARTS) is 1. The summed E-state index contributed by atoms with van der Waals surface area (Å²) in [6.07, 6.45) is 4.54. The lowest BCUT2D eigenvalue weighted by Gasteiger charge is -2.19. The summed E-state index contributed by atoms with van der Waals surface area (Å²) < 4.78 is 5.65. The maximum absolute atomic E-state index is 12.0. The summed E-state index contributed by atoms with van der Waals surface area (Å²) in [7, 11) is 0. The Balaban J connectivity index is 1.70. The number of rotatable bonds is 3. The third kappa shape index (κ3) is 2.31. The van der Waals surface area contributed by atoms with Crippen LogP contribution in [0.3, 0.4) is 0 Å². The van der Waals surface area contributed by atoms with Crippen molar-refractivity contribution in [2.24, 2.45) is 0 Å². The van der Waals surface area contributed by atoms with Gasteiger partial charge in [-0.25, -0.2) is 4.79 Å². The van der Waals surface area contributed by atoms with Gasteiger partial charge in [0, 0.05) is 6.20 Å². The van der Waals surface area contributed by atoms with Gasteiger partial charge in [0.25, 0.3) is 5.91 Å². The lowest BCUT2D eigenvalue weighted by molar-refractivity contribution is 0.0696. The number of aromatic nitrogens is 1. The van der Waals surface area contributed by atoms with E-state index in [2.05, 4.69) is 10.3 Å². The fourth-order valence-corrected chi connectivity index (χ4v) is 2.72. The second kappa shape index (κ2) is 4.62. The Morgan fingerprint density at radius 2 is 2.26 bits per heavy atom. The summed E-state index contributed by atoms with van der Waals surface area (Å²) >= 11 is 0. The average Bonchev–Trinajstić information content (AvgIpc) is 3.01. The van der Waals surface area contributed by atoms with E-state index in [4.69, 9.17) is 9.84 Å². The molecule has 100 valence electrons. The van der Waals surface area contributed by atoms with Crippen LogP contribution < -0.4 is 5.32 Å². The van der Waals surface area contributed by atoms with Gasteiger partial charge in [0.15, 0.2) is 0 Å². The van der Waals surface area contributed by atoms with E-state index < -0.39 is 5.97 Å². The first-order valence-corrected chi connectivity index (χ1v) is 6.29. The number of ether oxygens (including phenoxy) is 1. The molecule has 1 aromatic rings. The van der Waals surface area contributed by atoms with Crippen LogP contribution in [0.2, 0.25) is 0 Å². The summed E-state index contributed by atoms with van der Waals surface area (Å²) in [4.78, 5) is 26.8. The lowest BCUT2D eigenvalue weighted by Crippen LogP contribution is -2.41. The average molecular weight is 262 g/mol. The van der Waals surface area contributed by atoms with Crippen molar-refractivity contribution >= 4 is 11.9 Å². The molecule has 19 heavy (non-hydrogen) atoms. The van der Waals surface area contributed by atoms with Gasteiger partial charge in [-0.3, -0.25) is 9.78 Å². The molecule has 3 heterocycles. The second-order valence-corrected chi connectivity index (χ2v) is 4.92.